The molecule has 0 unspecified atom stereocenters. The molecule has 1 amide bonds. The van der Waals surface area contributed by atoms with E-state index >= 15 is 0 Å². The second-order valence-electron chi connectivity index (χ2n) is 5.32. The van der Waals surface area contributed by atoms with Gasteiger partial charge >= 0.3 is 0 Å². The van der Waals surface area contributed by atoms with Crippen molar-refractivity contribution in [2.24, 2.45) is 0 Å². The van der Waals surface area contributed by atoms with E-state index in [9.17, 15) is 4.79 Å². The summed E-state index contributed by atoms with van der Waals surface area (Å²) in [7, 11) is 0. The van der Waals surface area contributed by atoms with Crippen molar-refractivity contribution in [3.05, 3.63) is 24.0 Å². The first-order valence-corrected chi connectivity index (χ1v) is 6.56. The van der Waals surface area contributed by atoms with Gasteiger partial charge < -0.3 is 10.2 Å². The summed E-state index contributed by atoms with van der Waals surface area (Å²) in [6.07, 6.45) is 5.55. The first-order chi connectivity index (χ1) is 8.56. The van der Waals surface area contributed by atoms with Crippen LogP contribution < -0.4 is 5.32 Å². The lowest BCUT2D eigenvalue weighted by molar-refractivity contribution is 0.0653. The largest absolute Gasteiger partial charge is 0.383 e. The lowest BCUT2D eigenvalue weighted by atomic mass is 10.0. The highest BCUT2D eigenvalue weighted by molar-refractivity contribution is 5.99. The van der Waals surface area contributed by atoms with E-state index in [0.29, 0.717) is 0 Å². The van der Waals surface area contributed by atoms with Gasteiger partial charge in [-0.2, -0.15) is 0 Å². The molecule has 0 aliphatic carbocycles. The first-order valence-electron chi connectivity index (χ1n) is 6.56. The van der Waals surface area contributed by atoms with Crippen LogP contribution in [0.1, 0.15) is 44.0 Å². The van der Waals surface area contributed by atoms with Gasteiger partial charge in [0.25, 0.3) is 5.91 Å². The number of hydrogen-bond acceptors (Lipinski definition) is 3. The van der Waals surface area contributed by atoms with Gasteiger partial charge in [0.1, 0.15) is 0 Å². The van der Waals surface area contributed by atoms with Gasteiger partial charge in [0.2, 0.25) is 0 Å². The minimum Gasteiger partial charge on any atom is -0.383 e. The van der Waals surface area contributed by atoms with Crippen LogP contribution in [0.15, 0.2) is 18.5 Å². The molecule has 1 fully saturated rings. The number of pyridine rings is 1. The Bertz CT molecular complexity index is 442. The van der Waals surface area contributed by atoms with Crippen molar-refractivity contribution in [3.8, 4) is 0 Å². The molecule has 0 bridgehead atoms. The molecule has 1 saturated heterocycles. The van der Waals surface area contributed by atoms with Gasteiger partial charge in [-0.05, 0) is 39.7 Å². The molecule has 98 valence electrons. The molecule has 0 aromatic carbocycles. The number of aromatic nitrogens is 1. The molecule has 1 N–H and O–H groups in total. The summed E-state index contributed by atoms with van der Waals surface area (Å²) in [4.78, 5) is 18.7. The topological polar surface area (TPSA) is 45.2 Å². The van der Waals surface area contributed by atoms with Crippen LogP contribution in [0, 0.1) is 0 Å². The standard InChI is InChI=1S/C14H21N3O/c1-4-16-12-10-15-8-6-11(12)13(18)17-9-5-7-14(17,2)3/h6,8,10,16H,4-5,7,9H2,1-3H3. The number of hydrogen-bond donors (Lipinski definition) is 1. The third-order valence-electron chi connectivity index (χ3n) is 3.56. The summed E-state index contributed by atoms with van der Waals surface area (Å²) in [5, 5.41) is 3.20. The van der Waals surface area contributed by atoms with Crippen molar-refractivity contribution in [2.45, 2.75) is 39.2 Å². The Morgan fingerprint density at radius 1 is 1.56 bits per heavy atom. The predicted octanol–water partition coefficient (Wildman–Crippen LogP) is 2.53. The fourth-order valence-electron chi connectivity index (χ4n) is 2.54. The Kier molecular flexibility index (Phi) is 3.55. The van der Waals surface area contributed by atoms with Crippen LogP contribution in [-0.2, 0) is 0 Å². The van der Waals surface area contributed by atoms with Gasteiger partial charge in [0, 0.05) is 24.8 Å². The van der Waals surface area contributed by atoms with E-state index in [4.69, 9.17) is 0 Å². The molecule has 1 aromatic heterocycles. The summed E-state index contributed by atoms with van der Waals surface area (Å²) >= 11 is 0. The highest BCUT2D eigenvalue weighted by atomic mass is 16.2. The van der Waals surface area contributed by atoms with Crippen LogP contribution in [-0.4, -0.2) is 34.4 Å². The lowest BCUT2D eigenvalue weighted by Crippen LogP contribution is -2.42. The van der Waals surface area contributed by atoms with Gasteiger partial charge in [0.15, 0.2) is 0 Å². The SMILES string of the molecule is CCNc1cnccc1C(=O)N1CCCC1(C)C. The molecule has 0 radical (unpaired) electrons. The number of nitrogens with zero attached hydrogens (tertiary/aromatic N) is 2. The van der Waals surface area contributed by atoms with Gasteiger partial charge in [0.05, 0.1) is 17.4 Å². The number of likely N-dealkylation sites (tertiary alicyclic amines) is 1. The highest BCUT2D eigenvalue weighted by Crippen LogP contribution is 2.30. The fourth-order valence-corrected chi connectivity index (χ4v) is 2.54. The fraction of sp³-hybridized carbons (Fsp3) is 0.571. The van der Waals surface area contributed by atoms with Crippen molar-refractivity contribution in [1.82, 2.24) is 9.88 Å². The van der Waals surface area contributed by atoms with E-state index in [-0.39, 0.29) is 11.4 Å². The van der Waals surface area contributed by atoms with E-state index in [1.54, 1.807) is 18.5 Å². The highest BCUT2D eigenvalue weighted by Gasteiger charge is 2.36. The number of amides is 1. The normalized spacial score (nSPS) is 17.8. The Labute approximate surface area is 108 Å². The van der Waals surface area contributed by atoms with E-state index < -0.39 is 0 Å². The molecule has 18 heavy (non-hydrogen) atoms. The summed E-state index contributed by atoms with van der Waals surface area (Å²) in [5.41, 5.74) is 1.51. The van der Waals surface area contributed by atoms with Gasteiger partial charge in [-0.15, -0.1) is 0 Å². The Morgan fingerprint density at radius 3 is 2.94 bits per heavy atom. The zero-order valence-electron chi connectivity index (χ0n) is 11.4. The van der Waals surface area contributed by atoms with Gasteiger partial charge in [-0.25, -0.2) is 0 Å². The quantitative estimate of drug-likeness (QED) is 0.892. The summed E-state index contributed by atoms with van der Waals surface area (Å²) in [6.45, 7) is 7.91. The molecule has 1 aliphatic heterocycles. The molecule has 4 heteroatoms. The lowest BCUT2D eigenvalue weighted by Gasteiger charge is -2.32. The molecule has 0 atom stereocenters. The van der Waals surface area contributed by atoms with Crippen LogP contribution in [0.3, 0.4) is 0 Å². The van der Waals surface area contributed by atoms with E-state index in [1.807, 2.05) is 11.8 Å². The van der Waals surface area contributed by atoms with Crippen molar-refractivity contribution in [3.63, 3.8) is 0 Å². The molecule has 0 saturated carbocycles. The molecule has 4 nitrogen and oxygen atoms in total. The number of anilines is 1. The average molecular weight is 247 g/mol. The number of nitrogens with one attached hydrogen (secondary N) is 1. The molecule has 2 rings (SSSR count). The smallest absolute Gasteiger partial charge is 0.256 e. The summed E-state index contributed by atoms with van der Waals surface area (Å²) in [5.74, 6) is 0.107. The Morgan fingerprint density at radius 2 is 2.33 bits per heavy atom. The van der Waals surface area contributed by atoms with Crippen molar-refractivity contribution < 1.29 is 4.79 Å². The zero-order valence-corrected chi connectivity index (χ0v) is 11.4. The predicted molar refractivity (Wildman–Crippen MR) is 72.8 cm³/mol. The average Bonchev–Trinajstić information content (AvgIpc) is 2.69. The summed E-state index contributed by atoms with van der Waals surface area (Å²) in [6, 6.07) is 1.80. The Balaban J connectivity index is 2.28. The minimum atomic E-state index is -0.0379. The van der Waals surface area contributed by atoms with E-state index in [2.05, 4.69) is 24.1 Å². The second-order valence-corrected chi connectivity index (χ2v) is 5.32. The summed E-state index contributed by atoms with van der Waals surface area (Å²) < 4.78 is 0. The van der Waals surface area contributed by atoms with Crippen LogP contribution in [0.2, 0.25) is 0 Å². The maximum atomic E-state index is 12.6. The van der Waals surface area contributed by atoms with Crippen molar-refractivity contribution in [2.75, 3.05) is 18.4 Å². The van der Waals surface area contributed by atoms with E-state index in [0.717, 1.165) is 37.2 Å². The molecular weight excluding hydrogens is 226 g/mol. The third kappa shape index (κ3) is 2.33. The maximum absolute atomic E-state index is 12.6. The zero-order chi connectivity index (χ0) is 13.2. The monoisotopic (exact) mass is 247 g/mol. The molecule has 2 heterocycles. The van der Waals surface area contributed by atoms with E-state index in [1.165, 1.54) is 0 Å². The minimum absolute atomic E-state index is 0.0379. The van der Waals surface area contributed by atoms with Gasteiger partial charge in [-0.1, -0.05) is 0 Å². The van der Waals surface area contributed by atoms with Crippen LogP contribution >= 0.6 is 0 Å². The maximum Gasteiger partial charge on any atom is 0.256 e. The van der Waals surface area contributed by atoms with Crippen molar-refractivity contribution in [1.29, 1.82) is 0 Å². The van der Waals surface area contributed by atoms with Crippen LogP contribution in [0.25, 0.3) is 0 Å². The van der Waals surface area contributed by atoms with Crippen LogP contribution in [0.4, 0.5) is 5.69 Å². The molecule has 0 spiro atoms. The number of rotatable bonds is 3. The first kappa shape index (κ1) is 12.9. The number of carbonyl (C=O) groups excluding carboxylic acids is 1. The molecule has 1 aromatic rings. The molecule has 1 aliphatic rings. The Hall–Kier alpha value is -1.58. The molecular formula is C14H21N3O. The number of carbonyl (C=O) groups is 1. The van der Waals surface area contributed by atoms with Gasteiger partial charge in [-0.3, -0.25) is 9.78 Å². The van der Waals surface area contributed by atoms with Crippen molar-refractivity contribution >= 4 is 11.6 Å². The second kappa shape index (κ2) is 4.96. The van der Waals surface area contributed by atoms with Crippen LogP contribution in [0.5, 0.6) is 0 Å². The third-order valence-corrected chi connectivity index (χ3v) is 3.56.